The van der Waals surface area contributed by atoms with Crippen molar-refractivity contribution in [2.45, 2.75) is 19.9 Å². The molecule has 0 aliphatic heterocycles. The van der Waals surface area contributed by atoms with Crippen LogP contribution in [0, 0.1) is 17.1 Å². The molecule has 1 aromatic carbocycles. The second-order valence-electron chi connectivity index (χ2n) is 3.93. The summed E-state index contributed by atoms with van der Waals surface area (Å²) in [6.45, 7) is 3.27. The number of carboxylic acids is 1. The molecule has 0 saturated heterocycles. The molecule has 1 aromatic rings. The number of nitriles is 1. The Hall–Kier alpha value is -1.93. The predicted octanol–water partition coefficient (Wildman–Crippen LogP) is 1.99. The first-order chi connectivity index (χ1) is 8.56. The van der Waals surface area contributed by atoms with E-state index in [0.29, 0.717) is 25.2 Å². The first kappa shape index (κ1) is 14.1. The fraction of sp³-hybridized carbons (Fsp3) is 0.385. The van der Waals surface area contributed by atoms with Gasteiger partial charge in [0.1, 0.15) is 5.82 Å². The third-order valence-corrected chi connectivity index (χ3v) is 2.67. The van der Waals surface area contributed by atoms with E-state index in [9.17, 15) is 9.18 Å². The zero-order valence-corrected chi connectivity index (χ0v) is 10.2. The quantitative estimate of drug-likeness (QED) is 0.838. The minimum absolute atomic E-state index is 0.0335. The highest BCUT2D eigenvalue weighted by Gasteiger charge is 2.10. The van der Waals surface area contributed by atoms with E-state index in [1.54, 1.807) is 12.1 Å². The zero-order chi connectivity index (χ0) is 13.5. The number of hydrogen-bond acceptors (Lipinski definition) is 3. The molecule has 0 atom stereocenters. The van der Waals surface area contributed by atoms with Crippen molar-refractivity contribution >= 4 is 5.97 Å². The average molecular weight is 250 g/mol. The lowest BCUT2D eigenvalue weighted by atomic mass is 10.1. The van der Waals surface area contributed by atoms with E-state index in [-0.39, 0.29) is 12.0 Å². The smallest absolute Gasteiger partial charge is 0.304 e. The minimum Gasteiger partial charge on any atom is -0.481 e. The molecule has 0 bridgehead atoms. The Balaban J connectivity index is 2.70. The first-order valence-electron chi connectivity index (χ1n) is 5.69. The van der Waals surface area contributed by atoms with Gasteiger partial charge in [0.15, 0.2) is 0 Å². The molecule has 0 saturated carbocycles. The molecule has 18 heavy (non-hydrogen) atoms. The molecule has 0 aliphatic carbocycles. The maximum absolute atomic E-state index is 13.6. The molecule has 4 nitrogen and oxygen atoms in total. The van der Waals surface area contributed by atoms with Crippen LogP contribution >= 0.6 is 0 Å². The standard InChI is InChI=1S/C13H15FN2O2/c1-2-16(6-5-13(17)18)9-11-4-3-10(8-15)7-12(11)14/h3-4,7H,2,5-6,9H2,1H3,(H,17,18). The molecule has 0 aliphatic rings. The van der Waals surface area contributed by atoms with Crippen molar-refractivity contribution in [1.82, 2.24) is 4.90 Å². The van der Waals surface area contributed by atoms with Crippen molar-refractivity contribution in [3.8, 4) is 6.07 Å². The Labute approximate surface area is 105 Å². The third kappa shape index (κ3) is 4.15. The van der Waals surface area contributed by atoms with Gasteiger partial charge < -0.3 is 5.11 Å². The summed E-state index contributed by atoms with van der Waals surface area (Å²) in [5.74, 6) is -1.29. The summed E-state index contributed by atoms with van der Waals surface area (Å²) in [5, 5.41) is 17.2. The van der Waals surface area contributed by atoms with E-state index in [4.69, 9.17) is 10.4 Å². The fourth-order valence-corrected chi connectivity index (χ4v) is 1.59. The van der Waals surface area contributed by atoms with Gasteiger partial charge in [0.2, 0.25) is 0 Å². The van der Waals surface area contributed by atoms with Crippen LogP contribution in [0.2, 0.25) is 0 Å². The van der Waals surface area contributed by atoms with E-state index < -0.39 is 11.8 Å². The highest BCUT2D eigenvalue weighted by atomic mass is 19.1. The lowest BCUT2D eigenvalue weighted by Crippen LogP contribution is -2.26. The Morgan fingerprint density at radius 2 is 2.28 bits per heavy atom. The lowest BCUT2D eigenvalue weighted by molar-refractivity contribution is -0.137. The van der Waals surface area contributed by atoms with Gasteiger partial charge in [0, 0.05) is 18.7 Å². The van der Waals surface area contributed by atoms with Gasteiger partial charge in [-0.3, -0.25) is 9.69 Å². The highest BCUT2D eigenvalue weighted by Crippen LogP contribution is 2.12. The Kier molecular flexibility index (Phi) is 5.28. The molecule has 0 radical (unpaired) electrons. The Morgan fingerprint density at radius 3 is 2.78 bits per heavy atom. The van der Waals surface area contributed by atoms with Crippen LogP contribution in [0.15, 0.2) is 18.2 Å². The lowest BCUT2D eigenvalue weighted by Gasteiger charge is -2.19. The number of aliphatic carboxylic acids is 1. The molecule has 5 heteroatoms. The monoisotopic (exact) mass is 250 g/mol. The topological polar surface area (TPSA) is 64.3 Å². The number of rotatable bonds is 6. The normalized spacial score (nSPS) is 10.3. The molecule has 0 fully saturated rings. The van der Waals surface area contributed by atoms with Crippen LogP contribution < -0.4 is 0 Å². The van der Waals surface area contributed by atoms with Gasteiger partial charge in [-0.25, -0.2) is 4.39 Å². The molecule has 0 aromatic heterocycles. The number of halogens is 1. The number of hydrogen-bond donors (Lipinski definition) is 1. The second kappa shape index (κ2) is 6.72. The first-order valence-corrected chi connectivity index (χ1v) is 5.69. The van der Waals surface area contributed by atoms with E-state index >= 15 is 0 Å². The molecule has 1 rings (SSSR count). The number of nitrogens with zero attached hydrogens (tertiary/aromatic N) is 2. The molecule has 1 N–H and O–H groups in total. The molecule has 96 valence electrons. The number of benzene rings is 1. The molecule has 0 heterocycles. The summed E-state index contributed by atoms with van der Waals surface area (Å²) >= 11 is 0. The Morgan fingerprint density at radius 1 is 1.56 bits per heavy atom. The summed E-state index contributed by atoms with van der Waals surface area (Å²) in [4.78, 5) is 12.3. The summed E-state index contributed by atoms with van der Waals surface area (Å²) in [6, 6.07) is 6.19. The van der Waals surface area contributed by atoms with Crippen LogP contribution in [-0.2, 0) is 11.3 Å². The van der Waals surface area contributed by atoms with E-state index in [2.05, 4.69) is 0 Å². The van der Waals surface area contributed by atoms with Gasteiger partial charge in [-0.2, -0.15) is 5.26 Å². The summed E-state index contributed by atoms with van der Waals surface area (Å²) in [5.41, 5.74) is 0.756. The van der Waals surface area contributed by atoms with E-state index in [0.717, 1.165) is 0 Å². The van der Waals surface area contributed by atoms with Crippen LogP contribution in [0.4, 0.5) is 4.39 Å². The largest absolute Gasteiger partial charge is 0.481 e. The van der Waals surface area contributed by atoms with Crippen molar-refractivity contribution < 1.29 is 14.3 Å². The van der Waals surface area contributed by atoms with Gasteiger partial charge in [-0.05, 0) is 18.7 Å². The van der Waals surface area contributed by atoms with Crippen LogP contribution in [-0.4, -0.2) is 29.1 Å². The van der Waals surface area contributed by atoms with Crippen molar-refractivity contribution in [1.29, 1.82) is 5.26 Å². The minimum atomic E-state index is -0.867. The summed E-state index contributed by atoms with van der Waals surface area (Å²) in [7, 11) is 0. The van der Waals surface area contributed by atoms with Gasteiger partial charge >= 0.3 is 5.97 Å². The van der Waals surface area contributed by atoms with Gasteiger partial charge in [-0.15, -0.1) is 0 Å². The summed E-state index contributed by atoms with van der Waals surface area (Å²) in [6.07, 6.45) is 0.0335. The molecular formula is C13H15FN2O2. The van der Waals surface area contributed by atoms with E-state index in [1.165, 1.54) is 6.07 Å². The predicted molar refractivity (Wildman–Crippen MR) is 64.3 cm³/mol. The summed E-state index contributed by atoms with van der Waals surface area (Å²) < 4.78 is 13.6. The van der Waals surface area contributed by atoms with Crippen LogP contribution in [0.3, 0.4) is 0 Å². The van der Waals surface area contributed by atoms with Gasteiger partial charge in [0.25, 0.3) is 0 Å². The number of carboxylic acid groups (broad SMARTS) is 1. The Bertz CT molecular complexity index is 469. The molecule has 0 amide bonds. The molecule has 0 spiro atoms. The maximum atomic E-state index is 13.6. The van der Waals surface area contributed by atoms with Crippen molar-refractivity contribution in [3.05, 3.63) is 35.1 Å². The van der Waals surface area contributed by atoms with Crippen molar-refractivity contribution in [3.63, 3.8) is 0 Å². The van der Waals surface area contributed by atoms with Crippen LogP contribution in [0.5, 0.6) is 0 Å². The van der Waals surface area contributed by atoms with Crippen molar-refractivity contribution in [2.24, 2.45) is 0 Å². The second-order valence-corrected chi connectivity index (χ2v) is 3.93. The van der Waals surface area contributed by atoms with Crippen molar-refractivity contribution in [2.75, 3.05) is 13.1 Å². The van der Waals surface area contributed by atoms with E-state index in [1.807, 2.05) is 17.9 Å². The fourth-order valence-electron chi connectivity index (χ4n) is 1.59. The van der Waals surface area contributed by atoms with Gasteiger partial charge in [0.05, 0.1) is 18.1 Å². The average Bonchev–Trinajstić information content (AvgIpc) is 2.35. The molecule has 0 unspecified atom stereocenters. The molecular weight excluding hydrogens is 235 g/mol. The van der Waals surface area contributed by atoms with Crippen LogP contribution in [0.25, 0.3) is 0 Å². The van der Waals surface area contributed by atoms with Crippen LogP contribution in [0.1, 0.15) is 24.5 Å². The maximum Gasteiger partial charge on any atom is 0.304 e. The zero-order valence-electron chi connectivity index (χ0n) is 10.2. The van der Waals surface area contributed by atoms with Gasteiger partial charge in [-0.1, -0.05) is 13.0 Å². The highest BCUT2D eigenvalue weighted by molar-refractivity contribution is 5.66. The number of carbonyl (C=O) groups is 1. The SMILES string of the molecule is CCN(CCC(=O)O)Cc1ccc(C#N)cc1F. The third-order valence-electron chi connectivity index (χ3n) is 2.67.